The lowest BCUT2D eigenvalue weighted by molar-refractivity contribution is -0.156. The van der Waals surface area contributed by atoms with E-state index in [1.54, 1.807) is 11.8 Å². The summed E-state index contributed by atoms with van der Waals surface area (Å²) in [5, 5.41) is 9.23. The zero-order valence-electron chi connectivity index (χ0n) is 21.5. The van der Waals surface area contributed by atoms with Crippen LogP contribution < -0.4 is 9.47 Å². The maximum atomic E-state index is 12.3. The number of hydrogen-bond acceptors (Lipinski definition) is 6. The Morgan fingerprint density at radius 3 is 2.61 bits per heavy atom. The number of alkyl halides is 1. The number of benzene rings is 1. The Labute approximate surface area is 230 Å². The highest BCUT2D eigenvalue weighted by atomic mass is 79.9. The van der Waals surface area contributed by atoms with Crippen LogP contribution in [0.2, 0.25) is 0 Å². The highest BCUT2D eigenvalue weighted by Crippen LogP contribution is 2.52. The number of rotatable bonds is 11. The minimum Gasteiger partial charge on any atom is -0.616 e. The number of amides is 1. The number of halogens is 1. The van der Waals surface area contributed by atoms with Crippen molar-refractivity contribution in [2.45, 2.75) is 98.9 Å². The van der Waals surface area contributed by atoms with Crippen molar-refractivity contribution >= 4 is 50.7 Å². The number of nitrogens with zero attached hydrogens (tertiary/aromatic N) is 1. The predicted molar refractivity (Wildman–Crippen MR) is 149 cm³/mol. The number of carboxylic acid groups (broad SMARTS) is 1. The molecule has 0 saturated carbocycles. The number of fused-ring (bicyclic) bond motifs is 2. The summed E-state index contributed by atoms with van der Waals surface area (Å²) in [7, 11) is 0. The molecule has 36 heavy (non-hydrogen) atoms. The minimum absolute atomic E-state index is 0.0152. The van der Waals surface area contributed by atoms with Gasteiger partial charge in [0, 0.05) is 11.2 Å². The summed E-state index contributed by atoms with van der Waals surface area (Å²) in [6.45, 7) is 8.34. The summed E-state index contributed by atoms with van der Waals surface area (Å²) < 4.78 is 22.6. The first kappa shape index (κ1) is 29.5. The van der Waals surface area contributed by atoms with E-state index in [1.807, 2.05) is 32.0 Å². The maximum absolute atomic E-state index is 12.3. The molecular formula is C26H38BrNO6S2. The van der Waals surface area contributed by atoms with Gasteiger partial charge < -0.3 is 24.0 Å². The fourth-order valence-corrected chi connectivity index (χ4v) is 8.31. The number of β-lactam (4-membered cyclic amide) rings is 1. The van der Waals surface area contributed by atoms with Crippen LogP contribution in [0.5, 0.6) is 11.5 Å². The van der Waals surface area contributed by atoms with Crippen molar-refractivity contribution in [3.05, 3.63) is 23.8 Å². The monoisotopic (exact) mass is 603 g/mol. The molecule has 1 amide bonds. The molecule has 10 heteroatoms. The van der Waals surface area contributed by atoms with E-state index in [2.05, 4.69) is 29.8 Å². The lowest BCUT2D eigenvalue weighted by atomic mass is 9.98. The summed E-state index contributed by atoms with van der Waals surface area (Å²) in [6, 6.07) is 5.31. The standard InChI is InChI=1S/C18H28O3S.C8H10BrNO3S/c1-3-4-5-6-7-8-11-22(19)15(2)12-16-9-10-17-18(13-16)21-14-20-17;1-8(2)4(7(12)13)10-5(11)3(9)6(10)14-8/h9-10,13,15H,3-8,11-12,14H2,1-2H3;3-4,6H,1-2H3,(H,12,13)/t;3-,4+,6-/m.1/s1. The molecule has 0 radical (unpaired) electrons. The van der Waals surface area contributed by atoms with Gasteiger partial charge in [0.1, 0.15) is 27.2 Å². The SMILES string of the molecule is CC1(C)S[C@@H]2[C@H](Br)C(=O)N2[C@H]1C(=O)O.CCCCCCCC[S+]([O-])C(C)Cc1ccc2c(c1)OCO2. The van der Waals surface area contributed by atoms with Crippen LogP contribution in [0.3, 0.4) is 0 Å². The highest BCUT2D eigenvalue weighted by Gasteiger charge is 2.63. The van der Waals surface area contributed by atoms with Crippen LogP contribution >= 0.6 is 27.7 Å². The molecule has 1 aromatic rings. The Balaban J connectivity index is 0.000000221. The third-order valence-electron chi connectivity index (χ3n) is 6.72. The van der Waals surface area contributed by atoms with Gasteiger partial charge in [-0.3, -0.25) is 4.79 Å². The van der Waals surface area contributed by atoms with Gasteiger partial charge in [0.05, 0.1) is 0 Å². The molecule has 0 spiro atoms. The molecule has 5 atom stereocenters. The van der Waals surface area contributed by atoms with Gasteiger partial charge in [0.25, 0.3) is 0 Å². The molecule has 0 aliphatic carbocycles. The molecule has 1 N–H and O–H groups in total. The molecule has 1 aromatic carbocycles. The topological polar surface area (TPSA) is 99.1 Å². The Kier molecular flexibility index (Phi) is 10.7. The van der Waals surface area contributed by atoms with Crippen LogP contribution in [0.15, 0.2) is 18.2 Å². The number of carbonyl (C=O) groups is 2. The van der Waals surface area contributed by atoms with E-state index in [9.17, 15) is 14.1 Å². The summed E-state index contributed by atoms with van der Waals surface area (Å²) >= 11 is 4.06. The molecule has 4 rings (SSSR count). The van der Waals surface area contributed by atoms with E-state index in [-0.39, 0.29) is 21.4 Å². The summed E-state index contributed by atoms with van der Waals surface area (Å²) in [4.78, 5) is 23.7. The van der Waals surface area contributed by atoms with Gasteiger partial charge >= 0.3 is 5.97 Å². The van der Waals surface area contributed by atoms with Gasteiger partial charge in [0.2, 0.25) is 12.7 Å². The average Bonchev–Trinajstić information content (AvgIpc) is 3.40. The van der Waals surface area contributed by atoms with Gasteiger partial charge in [-0.15, -0.1) is 11.8 Å². The van der Waals surface area contributed by atoms with Crippen LogP contribution in [0.25, 0.3) is 0 Å². The van der Waals surface area contributed by atoms with Gasteiger partial charge in [0.15, 0.2) is 11.5 Å². The fraction of sp³-hybridized carbons (Fsp3) is 0.692. The first-order chi connectivity index (χ1) is 17.1. The molecule has 7 nitrogen and oxygen atoms in total. The lowest BCUT2D eigenvalue weighted by Crippen LogP contribution is -2.63. The number of unbranched alkanes of at least 4 members (excludes halogenated alkanes) is 5. The molecule has 2 saturated heterocycles. The molecule has 0 aromatic heterocycles. The zero-order valence-corrected chi connectivity index (χ0v) is 24.8. The van der Waals surface area contributed by atoms with E-state index in [1.165, 1.54) is 42.6 Å². The average molecular weight is 605 g/mol. The van der Waals surface area contributed by atoms with E-state index >= 15 is 0 Å². The molecular weight excluding hydrogens is 566 g/mol. The second-order valence-corrected chi connectivity index (χ2v) is 14.8. The molecule has 2 fully saturated rings. The third-order valence-corrected chi connectivity index (χ3v) is 11.3. The Morgan fingerprint density at radius 1 is 1.25 bits per heavy atom. The van der Waals surface area contributed by atoms with Crippen molar-refractivity contribution in [3.8, 4) is 11.5 Å². The summed E-state index contributed by atoms with van der Waals surface area (Å²) in [5.41, 5.74) is 1.17. The highest BCUT2D eigenvalue weighted by molar-refractivity contribution is 9.10. The van der Waals surface area contributed by atoms with Crippen LogP contribution in [-0.2, 0) is 27.2 Å². The van der Waals surface area contributed by atoms with Gasteiger partial charge in [-0.25, -0.2) is 4.79 Å². The van der Waals surface area contributed by atoms with Crippen molar-refractivity contribution < 1.29 is 28.7 Å². The predicted octanol–water partition coefficient (Wildman–Crippen LogP) is 5.35. The van der Waals surface area contributed by atoms with Crippen LogP contribution in [-0.4, -0.2) is 65.2 Å². The second-order valence-electron chi connectivity index (χ2n) is 10.1. The van der Waals surface area contributed by atoms with E-state index in [0.717, 1.165) is 30.1 Å². The number of carboxylic acids is 1. The van der Waals surface area contributed by atoms with Crippen molar-refractivity contribution in [3.63, 3.8) is 0 Å². The molecule has 3 heterocycles. The van der Waals surface area contributed by atoms with Crippen LogP contribution in [0, 0.1) is 0 Å². The van der Waals surface area contributed by atoms with Crippen molar-refractivity contribution in [1.82, 2.24) is 4.90 Å². The Morgan fingerprint density at radius 2 is 1.92 bits per heavy atom. The zero-order chi connectivity index (χ0) is 26.5. The smallest absolute Gasteiger partial charge is 0.327 e. The number of ether oxygens (including phenoxy) is 2. The number of carbonyl (C=O) groups excluding carboxylic acids is 1. The van der Waals surface area contributed by atoms with E-state index in [0.29, 0.717) is 6.79 Å². The summed E-state index contributed by atoms with van der Waals surface area (Å²) in [6.07, 6.45) is 8.32. The molecule has 202 valence electrons. The second kappa shape index (κ2) is 13.1. The molecule has 0 bridgehead atoms. The third kappa shape index (κ3) is 7.05. The minimum atomic E-state index is -0.919. The summed E-state index contributed by atoms with van der Waals surface area (Å²) in [5.74, 6) is 1.42. The van der Waals surface area contributed by atoms with Gasteiger partial charge in [-0.05, 0) is 51.3 Å². The van der Waals surface area contributed by atoms with Crippen LogP contribution in [0.4, 0.5) is 0 Å². The normalized spacial score (nSPS) is 24.9. The van der Waals surface area contributed by atoms with Crippen molar-refractivity contribution in [2.24, 2.45) is 0 Å². The van der Waals surface area contributed by atoms with Crippen molar-refractivity contribution in [2.75, 3.05) is 12.5 Å². The number of thioether (sulfide) groups is 1. The lowest BCUT2D eigenvalue weighted by Gasteiger charge is -2.40. The van der Waals surface area contributed by atoms with E-state index in [4.69, 9.17) is 14.6 Å². The quantitative estimate of drug-likeness (QED) is 0.157. The Bertz CT molecular complexity index is 916. The fourth-order valence-electron chi connectivity index (χ4n) is 4.68. The number of aliphatic carboxylic acids is 1. The van der Waals surface area contributed by atoms with Crippen molar-refractivity contribution in [1.29, 1.82) is 0 Å². The molecule has 3 aliphatic rings. The number of hydrogen-bond donors (Lipinski definition) is 1. The first-order valence-electron chi connectivity index (χ1n) is 12.7. The van der Waals surface area contributed by atoms with E-state index < -0.39 is 27.9 Å². The Hall–Kier alpha value is -1.10. The molecule has 3 aliphatic heterocycles. The van der Waals surface area contributed by atoms with Gasteiger partial charge in [-0.2, -0.15) is 0 Å². The first-order valence-corrected chi connectivity index (χ1v) is 15.9. The van der Waals surface area contributed by atoms with Gasteiger partial charge in [-0.1, -0.05) is 65.8 Å². The molecule has 2 unspecified atom stereocenters. The largest absolute Gasteiger partial charge is 0.616 e. The van der Waals surface area contributed by atoms with Crippen LogP contribution in [0.1, 0.15) is 71.8 Å². The maximum Gasteiger partial charge on any atom is 0.327 e.